The van der Waals surface area contributed by atoms with Crippen molar-refractivity contribution in [2.75, 3.05) is 32.8 Å². The van der Waals surface area contributed by atoms with E-state index in [-0.39, 0.29) is 5.97 Å². The summed E-state index contributed by atoms with van der Waals surface area (Å²) < 4.78 is 4.93. The second-order valence-corrected chi connectivity index (χ2v) is 6.05. The van der Waals surface area contributed by atoms with Crippen LogP contribution in [0.15, 0.2) is 0 Å². The third-order valence-corrected chi connectivity index (χ3v) is 4.44. The fourth-order valence-corrected chi connectivity index (χ4v) is 3.38. The Morgan fingerprint density at radius 2 is 2.14 bits per heavy atom. The van der Waals surface area contributed by atoms with Crippen molar-refractivity contribution >= 4 is 11.9 Å². The molecule has 1 atom stereocenters. The number of hydrogen-bond donors (Lipinski definition) is 0. The van der Waals surface area contributed by atoms with Gasteiger partial charge in [-0.15, -0.1) is 0 Å². The number of amides is 1. The van der Waals surface area contributed by atoms with E-state index in [1.165, 1.54) is 6.42 Å². The number of ether oxygens (including phenoxy) is 1. The molecule has 21 heavy (non-hydrogen) atoms. The first kappa shape index (κ1) is 16.3. The summed E-state index contributed by atoms with van der Waals surface area (Å²) in [6.45, 7) is 6.41. The molecule has 0 spiro atoms. The molecule has 120 valence electrons. The summed E-state index contributed by atoms with van der Waals surface area (Å²) >= 11 is 0. The summed E-state index contributed by atoms with van der Waals surface area (Å²) in [7, 11) is 0. The lowest BCUT2D eigenvalue weighted by molar-refractivity contribution is -0.143. The average Bonchev–Trinajstić information content (AvgIpc) is 2.90. The van der Waals surface area contributed by atoms with E-state index in [4.69, 9.17) is 4.74 Å². The van der Waals surface area contributed by atoms with Crippen molar-refractivity contribution in [3.8, 4) is 0 Å². The quantitative estimate of drug-likeness (QED) is 0.531. The minimum Gasteiger partial charge on any atom is -0.466 e. The van der Waals surface area contributed by atoms with Crippen LogP contribution in [0.5, 0.6) is 0 Å². The van der Waals surface area contributed by atoms with Gasteiger partial charge in [-0.25, -0.2) is 0 Å². The fourth-order valence-electron chi connectivity index (χ4n) is 3.38. The van der Waals surface area contributed by atoms with E-state index in [2.05, 4.69) is 9.80 Å². The third-order valence-electron chi connectivity index (χ3n) is 4.44. The van der Waals surface area contributed by atoms with Gasteiger partial charge in [-0.1, -0.05) is 0 Å². The van der Waals surface area contributed by atoms with Gasteiger partial charge in [0.05, 0.1) is 6.61 Å². The highest BCUT2D eigenvalue weighted by molar-refractivity contribution is 5.78. The molecular weight excluding hydrogens is 268 g/mol. The molecule has 2 aliphatic heterocycles. The van der Waals surface area contributed by atoms with Crippen molar-refractivity contribution in [3.63, 3.8) is 0 Å². The number of hydrogen-bond acceptors (Lipinski definition) is 4. The van der Waals surface area contributed by atoms with Gasteiger partial charge in [0.1, 0.15) is 0 Å². The van der Waals surface area contributed by atoms with Crippen LogP contribution in [-0.4, -0.2) is 60.5 Å². The van der Waals surface area contributed by atoms with Crippen molar-refractivity contribution in [2.24, 2.45) is 0 Å². The van der Waals surface area contributed by atoms with Crippen LogP contribution in [0.2, 0.25) is 0 Å². The minimum atomic E-state index is -0.0864. The Hall–Kier alpha value is -1.10. The molecular formula is C16H28N2O3. The van der Waals surface area contributed by atoms with Gasteiger partial charge >= 0.3 is 5.97 Å². The summed E-state index contributed by atoms with van der Waals surface area (Å²) in [6, 6.07) is 0.416. The van der Waals surface area contributed by atoms with Crippen molar-refractivity contribution in [1.82, 2.24) is 9.80 Å². The summed E-state index contributed by atoms with van der Waals surface area (Å²) in [6.07, 6.45) is 6.51. The van der Waals surface area contributed by atoms with E-state index < -0.39 is 0 Å². The molecule has 0 aliphatic carbocycles. The van der Waals surface area contributed by atoms with Crippen LogP contribution in [0.4, 0.5) is 0 Å². The van der Waals surface area contributed by atoms with Gasteiger partial charge in [-0.3, -0.25) is 9.59 Å². The van der Waals surface area contributed by atoms with Crippen molar-refractivity contribution in [3.05, 3.63) is 0 Å². The zero-order valence-electron chi connectivity index (χ0n) is 13.2. The number of rotatable bonds is 7. The summed E-state index contributed by atoms with van der Waals surface area (Å²) in [5, 5.41) is 0. The zero-order valence-corrected chi connectivity index (χ0v) is 13.2. The molecule has 0 bridgehead atoms. The van der Waals surface area contributed by atoms with Crippen LogP contribution in [0.3, 0.4) is 0 Å². The van der Waals surface area contributed by atoms with Crippen molar-refractivity contribution in [2.45, 2.75) is 57.9 Å². The lowest BCUT2D eigenvalue weighted by Crippen LogP contribution is -2.48. The molecule has 5 nitrogen and oxygen atoms in total. The fraction of sp³-hybridized carbons (Fsp3) is 0.875. The predicted octanol–water partition coefficient (Wildman–Crippen LogP) is 1.81. The Morgan fingerprint density at radius 1 is 1.29 bits per heavy atom. The number of esters is 1. The first-order valence-corrected chi connectivity index (χ1v) is 8.38. The van der Waals surface area contributed by atoms with Gasteiger partial charge < -0.3 is 14.5 Å². The van der Waals surface area contributed by atoms with Gasteiger partial charge in [0, 0.05) is 32.0 Å². The topological polar surface area (TPSA) is 49.9 Å². The largest absolute Gasteiger partial charge is 0.466 e. The Kier molecular flexibility index (Phi) is 6.49. The third kappa shape index (κ3) is 4.99. The number of piperidine rings is 1. The summed E-state index contributed by atoms with van der Waals surface area (Å²) in [5.74, 6) is 0.251. The Bertz CT molecular complexity index is 359. The Labute approximate surface area is 127 Å². The van der Waals surface area contributed by atoms with Gasteiger partial charge in [0.25, 0.3) is 0 Å². The molecule has 2 rings (SSSR count). The van der Waals surface area contributed by atoms with E-state index in [1.807, 2.05) is 6.92 Å². The highest BCUT2D eigenvalue weighted by atomic mass is 16.5. The van der Waals surface area contributed by atoms with Crippen molar-refractivity contribution in [1.29, 1.82) is 0 Å². The van der Waals surface area contributed by atoms with Crippen molar-refractivity contribution < 1.29 is 14.3 Å². The molecule has 2 heterocycles. The molecule has 0 unspecified atom stereocenters. The SMILES string of the molecule is CCOC(=O)CCCCN1CCC[C@H](N2CCCC2=O)C1. The highest BCUT2D eigenvalue weighted by Crippen LogP contribution is 2.21. The molecule has 1 amide bonds. The van der Waals surface area contributed by atoms with Crippen LogP contribution in [0.25, 0.3) is 0 Å². The number of unbranched alkanes of at least 4 members (excludes halogenated alkanes) is 1. The van der Waals surface area contributed by atoms with E-state index in [1.54, 1.807) is 0 Å². The Balaban J connectivity index is 1.65. The number of carbonyl (C=O) groups excluding carboxylic acids is 2. The summed E-state index contributed by atoms with van der Waals surface area (Å²) in [4.78, 5) is 27.6. The van der Waals surface area contributed by atoms with E-state index in [9.17, 15) is 9.59 Å². The molecule has 2 saturated heterocycles. The summed E-state index contributed by atoms with van der Waals surface area (Å²) in [5.41, 5.74) is 0. The standard InChI is InChI=1S/C16H28N2O3/c1-2-21-16(20)9-3-4-10-17-11-5-7-14(13-17)18-12-6-8-15(18)19/h14H,2-13H2,1H3/t14-/m0/s1. The van der Waals surface area contributed by atoms with Crippen LogP contribution in [0, 0.1) is 0 Å². The smallest absolute Gasteiger partial charge is 0.305 e. The number of carbonyl (C=O) groups is 2. The molecule has 0 saturated carbocycles. The number of likely N-dealkylation sites (tertiary alicyclic amines) is 2. The predicted molar refractivity (Wildman–Crippen MR) is 80.9 cm³/mol. The first-order valence-electron chi connectivity index (χ1n) is 8.38. The molecule has 0 aromatic heterocycles. The van der Waals surface area contributed by atoms with E-state index in [0.29, 0.717) is 25.0 Å². The maximum Gasteiger partial charge on any atom is 0.305 e. The molecule has 5 heteroatoms. The highest BCUT2D eigenvalue weighted by Gasteiger charge is 2.30. The second kappa shape index (κ2) is 8.37. The molecule has 2 fully saturated rings. The van der Waals surface area contributed by atoms with Gasteiger partial charge in [-0.05, 0) is 52.1 Å². The van der Waals surface area contributed by atoms with Crippen LogP contribution in [0.1, 0.15) is 51.9 Å². The van der Waals surface area contributed by atoms with Gasteiger partial charge in [0.15, 0.2) is 0 Å². The lowest BCUT2D eigenvalue weighted by atomic mass is 10.0. The monoisotopic (exact) mass is 296 g/mol. The molecule has 0 N–H and O–H groups in total. The minimum absolute atomic E-state index is 0.0864. The molecule has 0 aromatic carbocycles. The maximum atomic E-state index is 11.8. The Morgan fingerprint density at radius 3 is 2.86 bits per heavy atom. The van der Waals surface area contributed by atoms with Gasteiger partial charge in [-0.2, -0.15) is 0 Å². The van der Waals surface area contributed by atoms with Gasteiger partial charge in [0.2, 0.25) is 5.91 Å². The van der Waals surface area contributed by atoms with Crippen LogP contribution < -0.4 is 0 Å². The van der Waals surface area contributed by atoms with E-state index >= 15 is 0 Å². The van der Waals surface area contributed by atoms with Crippen LogP contribution in [-0.2, 0) is 14.3 Å². The average molecular weight is 296 g/mol. The lowest BCUT2D eigenvalue weighted by Gasteiger charge is -2.37. The van der Waals surface area contributed by atoms with Crippen LogP contribution >= 0.6 is 0 Å². The number of nitrogens with zero attached hydrogens (tertiary/aromatic N) is 2. The first-order chi connectivity index (χ1) is 10.2. The normalized spacial score (nSPS) is 23.6. The molecule has 2 aliphatic rings. The maximum absolute atomic E-state index is 11.8. The zero-order chi connectivity index (χ0) is 15.1. The van der Waals surface area contributed by atoms with E-state index in [0.717, 1.165) is 58.3 Å². The molecule has 0 aromatic rings. The second-order valence-electron chi connectivity index (χ2n) is 6.05. The molecule has 0 radical (unpaired) electrons.